The lowest BCUT2D eigenvalue weighted by Crippen LogP contribution is -2.08. The Bertz CT molecular complexity index is 1260. The lowest BCUT2D eigenvalue weighted by atomic mass is 10.0. The third-order valence-corrected chi connectivity index (χ3v) is 4.80. The van der Waals surface area contributed by atoms with Crippen molar-refractivity contribution in [3.63, 3.8) is 0 Å². The van der Waals surface area contributed by atoms with E-state index < -0.39 is 0 Å². The Morgan fingerprint density at radius 1 is 1.14 bits per heavy atom. The van der Waals surface area contributed by atoms with Crippen LogP contribution in [-0.2, 0) is 6.54 Å². The molecule has 0 saturated heterocycles. The highest BCUT2D eigenvalue weighted by Gasteiger charge is 2.24. The summed E-state index contributed by atoms with van der Waals surface area (Å²) in [5.41, 5.74) is 6.73. The molecule has 0 spiro atoms. The van der Waals surface area contributed by atoms with Crippen LogP contribution in [0.4, 0.5) is 0 Å². The summed E-state index contributed by atoms with van der Waals surface area (Å²) in [7, 11) is 0. The number of aryl methyl sites for hydroxylation is 1. The van der Waals surface area contributed by atoms with Crippen LogP contribution in [0.1, 0.15) is 28.2 Å². The van der Waals surface area contributed by atoms with E-state index >= 15 is 0 Å². The number of rotatable bonds is 2. The molecule has 28 heavy (non-hydrogen) atoms. The van der Waals surface area contributed by atoms with Gasteiger partial charge in [-0.3, -0.25) is 14.5 Å². The van der Waals surface area contributed by atoms with Gasteiger partial charge in [-0.2, -0.15) is 0 Å². The minimum Gasteiger partial charge on any atom is -0.441 e. The molecule has 1 aliphatic rings. The first kappa shape index (κ1) is 16.2. The largest absolute Gasteiger partial charge is 0.441 e. The number of benzene rings is 1. The van der Waals surface area contributed by atoms with E-state index in [0.29, 0.717) is 12.3 Å². The first-order valence-electron chi connectivity index (χ1n) is 8.80. The van der Waals surface area contributed by atoms with E-state index in [0.717, 1.165) is 45.3 Å². The quantitative estimate of drug-likeness (QED) is 0.509. The van der Waals surface area contributed by atoms with Crippen LogP contribution in [0.25, 0.3) is 17.1 Å². The van der Waals surface area contributed by atoms with Gasteiger partial charge in [0.2, 0.25) is 0 Å². The van der Waals surface area contributed by atoms with Crippen LogP contribution >= 0.6 is 0 Å². The molecule has 0 saturated carbocycles. The van der Waals surface area contributed by atoms with Gasteiger partial charge in [0, 0.05) is 17.3 Å². The van der Waals surface area contributed by atoms with Gasteiger partial charge in [0.25, 0.3) is 0 Å². The highest BCUT2D eigenvalue weighted by atomic mass is 16.3. The number of oxazole rings is 1. The summed E-state index contributed by atoms with van der Waals surface area (Å²) >= 11 is 0. The summed E-state index contributed by atoms with van der Waals surface area (Å²) in [5, 5.41) is 0. The lowest BCUT2D eigenvalue weighted by Gasteiger charge is -2.12. The van der Waals surface area contributed by atoms with Crippen LogP contribution in [0.5, 0.6) is 0 Å². The average molecular weight is 365 g/mol. The Hall–Kier alpha value is -3.98. The third-order valence-electron chi connectivity index (χ3n) is 4.80. The van der Waals surface area contributed by atoms with Crippen molar-refractivity contribution in [2.24, 2.45) is 4.99 Å². The zero-order chi connectivity index (χ0) is 19.1. The van der Waals surface area contributed by atoms with Gasteiger partial charge in [0.15, 0.2) is 12.2 Å². The molecule has 0 radical (unpaired) electrons. The number of aliphatic imine (C=N–C) groups is 1. The molecule has 0 amide bonds. The third kappa shape index (κ3) is 2.45. The predicted molar refractivity (Wildman–Crippen MR) is 105 cm³/mol. The molecule has 0 fully saturated rings. The molecule has 1 aliphatic heterocycles. The molecule has 3 aromatic heterocycles. The van der Waals surface area contributed by atoms with Crippen molar-refractivity contribution in [2.75, 3.05) is 0 Å². The summed E-state index contributed by atoms with van der Waals surface area (Å²) in [6.07, 6.45) is 10.6. The SMILES string of the molecule is C#Cc1ccc2c(c1)C(c1ccccn1)=NCc1c(-c3ocnc3C)ncn1-2. The highest BCUT2D eigenvalue weighted by molar-refractivity contribution is 6.14. The molecule has 1 aromatic carbocycles. The number of aromatic nitrogens is 4. The van der Waals surface area contributed by atoms with Gasteiger partial charge in [0.05, 0.1) is 35.0 Å². The maximum atomic E-state index is 5.64. The minimum absolute atomic E-state index is 0.432. The standard InChI is InChI=1S/C22H15N5O/c1-3-15-7-8-18-16(10-15)20(17-6-4-5-9-23-17)24-11-19-21(25-12-27(18)19)22-14(2)26-13-28-22/h1,4-10,12-13H,11H2,2H3. The monoisotopic (exact) mass is 365 g/mol. The average Bonchev–Trinajstić information content (AvgIpc) is 3.30. The Kier molecular flexibility index (Phi) is 3.66. The molecule has 4 aromatic rings. The fourth-order valence-corrected chi connectivity index (χ4v) is 3.44. The molecular formula is C22H15N5O. The van der Waals surface area contributed by atoms with Crippen LogP contribution in [-0.4, -0.2) is 25.2 Å². The number of pyridine rings is 1. The smallest absolute Gasteiger partial charge is 0.181 e. The van der Waals surface area contributed by atoms with E-state index in [1.165, 1.54) is 6.39 Å². The second kappa shape index (κ2) is 6.32. The summed E-state index contributed by atoms with van der Waals surface area (Å²) in [6.45, 7) is 2.33. The Labute approximate surface area is 161 Å². The van der Waals surface area contributed by atoms with Gasteiger partial charge in [-0.1, -0.05) is 12.0 Å². The number of nitrogens with zero attached hydrogens (tertiary/aromatic N) is 5. The Balaban J connectivity index is 1.77. The predicted octanol–water partition coefficient (Wildman–Crippen LogP) is 3.56. The van der Waals surface area contributed by atoms with Crippen LogP contribution in [0, 0.1) is 19.3 Å². The lowest BCUT2D eigenvalue weighted by molar-refractivity contribution is 0.568. The molecule has 134 valence electrons. The van der Waals surface area contributed by atoms with E-state index in [9.17, 15) is 0 Å². The van der Waals surface area contributed by atoms with Gasteiger partial charge in [-0.15, -0.1) is 6.42 Å². The zero-order valence-corrected chi connectivity index (χ0v) is 15.1. The van der Waals surface area contributed by atoms with Gasteiger partial charge < -0.3 is 4.42 Å². The first-order valence-corrected chi connectivity index (χ1v) is 8.80. The topological polar surface area (TPSA) is 69.1 Å². The van der Waals surface area contributed by atoms with Crippen molar-refractivity contribution < 1.29 is 4.42 Å². The van der Waals surface area contributed by atoms with Crippen LogP contribution in [0.15, 0.2) is 64.7 Å². The van der Waals surface area contributed by atoms with Gasteiger partial charge in [-0.05, 0) is 37.3 Å². The van der Waals surface area contributed by atoms with E-state index in [-0.39, 0.29) is 0 Å². The first-order chi connectivity index (χ1) is 13.8. The summed E-state index contributed by atoms with van der Waals surface area (Å²) in [6, 6.07) is 11.7. The highest BCUT2D eigenvalue weighted by Crippen LogP contribution is 2.32. The van der Waals surface area contributed by atoms with Crippen molar-refractivity contribution in [3.8, 4) is 29.5 Å². The minimum atomic E-state index is 0.432. The fraction of sp³-hybridized carbons (Fsp3) is 0.0909. The van der Waals surface area contributed by atoms with E-state index in [4.69, 9.17) is 15.8 Å². The molecule has 5 rings (SSSR count). The second-order valence-electron chi connectivity index (χ2n) is 6.43. The molecule has 6 heteroatoms. The number of fused-ring (bicyclic) bond motifs is 3. The maximum Gasteiger partial charge on any atom is 0.181 e. The van der Waals surface area contributed by atoms with Crippen molar-refractivity contribution in [1.82, 2.24) is 19.5 Å². The molecule has 0 unspecified atom stereocenters. The molecule has 6 nitrogen and oxygen atoms in total. The number of imidazole rings is 1. The van der Waals surface area contributed by atoms with E-state index in [2.05, 4.69) is 20.9 Å². The number of terminal acetylenes is 1. The van der Waals surface area contributed by atoms with E-state index in [1.807, 2.05) is 47.9 Å². The van der Waals surface area contributed by atoms with Gasteiger partial charge in [0.1, 0.15) is 12.0 Å². The van der Waals surface area contributed by atoms with Crippen molar-refractivity contribution >= 4 is 5.71 Å². The number of hydrogen-bond acceptors (Lipinski definition) is 5. The molecule has 0 atom stereocenters. The fourth-order valence-electron chi connectivity index (χ4n) is 3.44. The molecule has 0 aliphatic carbocycles. The normalized spacial score (nSPS) is 12.5. The van der Waals surface area contributed by atoms with Gasteiger partial charge in [-0.25, -0.2) is 9.97 Å². The van der Waals surface area contributed by atoms with Gasteiger partial charge >= 0.3 is 0 Å². The second-order valence-corrected chi connectivity index (χ2v) is 6.43. The van der Waals surface area contributed by atoms with E-state index in [1.54, 1.807) is 12.5 Å². The number of hydrogen-bond donors (Lipinski definition) is 0. The van der Waals surface area contributed by atoms with Crippen molar-refractivity contribution in [3.05, 3.63) is 83.5 Å². The van der Waals surface area contributed by atoms with Crippen molar-refractivity contribution in [2.45, 2.75) is 13.5 Å². The van der Waals surface area contributed by atoms with Crippen LogP contribution in [0.3, 0.4) is 0 Å². The Morgan fingerprint density at radius 3 is 2.82 bits per heavy atom. The molecular weight excluding hydrogens is 350 g/mol. The summed E-state index contributed by atoms with van der Waals surface area (Å²) in [4.78, 5) is 18.2. The molecule has 4 heterocycles. The zero-order valence-electron chi connectivity index (χ0n) is 15.1. The van der Waals surface area contributed by atoms with Crippen molar-refractivity contribution in [1.29, 1.82) is 0 Å². The maximum absolute atomic E-state index is 5.64. The van der Waals surface area contributed by atoms with Crippen LogP contribution < -0.4 is 0 Å². The Morgan fingerprint density at radius 2 is 2.07 bits per heavy atom. The van der Waals surface area contributed by atoms with Crippen LogP contribution in [0.2, 0.25) is 0 Å². The molecule has 0 bridgehead atoms. The summed E-state index contributed by atoms with van der Waals surface area (Å²) < 4.78 is 7.61. The molecule has 0 N–H and O–H groups in total. The summed E-state index contributed by atoms with van der Waals surface area (Å²) in [5.74, 6) is 3.36.